The number of nitro benzene ring substituents is 1. The highest BCUT2D eigenvalue weighted by Gasteiger charge is 2.10. The quantitative estimate of drug-likeness (QED) is 0.457. The van der Waals surface area contributed by atoms with Gasteiger partial charge in [0.05, 0.1) is 10.5 Å². The summed E-state index contributed by atoms with van der Waals surface area (Å²) in [4.78, 5) is 10.6. The van der Waals surface area contributed by atoms with Crippen molar-refractivity contribution in [2.24, 2.45) is 0 Å². The van der Waals surface area contributed by atoms with Crippen molar-refractivity contribution in [3.8, 4) is 0 Å². The van der Waals surface area contributed by atoms with E-state index < -0.39 is 0 Å². The molecule has 0 fully saturated rings. The molecule has 0 aliphatic carbocycles. The zero-order valence-corrected chi connectivity index (χ0v) is 11.0. The van der Waals surface area contributed by atoms with Crippen molar-refractivity contribution in [3.05, 3.63) is 45.5 Å². The number of para-hydroxylation sites is 1. The van der Waals surface area contributed by atoms with Crippen molar-refractivity contribution in [1.29, 1.82) is 0 Å². The molecule has 0 spiro atoms. The molecule has 1 rings (SSSR count). The van der Waals surface area contributed by atoms with Crippen molar-refractivity contribution in [1.82, 2.24) is 5.32 Å². The van der Waals surface area contributed by atoms with Gasteiger partial charge in [-0.3, -0.25) is 10.1 Å². The molecule has 0 saturated carbocycles. The van der Waals surface area contributed by atoms with Crippen molar-refractivity contribution < 1.29 is 4.92 Å². The van der Waals surface area contributed by atoms with Crippen LogP contribution in [-0.4, -0.2) is 18.0 Å². The van der Waals surface area contributed by atoms with Crippen molar-refractivity contribution in [2.45, 2.75) is 26.7 Å². The monoisotopic (exact) mass is 248 g/mol. The number of nitrogens with zero attached hydrogens (tertiary/aromatic N) is 1. The van der Waals surface area contributed by atoms with Crippen LogP contribution in [0.15, 0.2) is 29.8 Å². The first-order valence-electron chi connectivity index (χ1n) is 6.32. The van der Waals surface area contributed by atoms with E-state index in [4.69, 9.17) is 0 Å². The molecule has 0 aliphatic heterocycles. The number of hydrogen-bond donors (Lipinski definition) is 1. The molecule has 0 amide bonds. The molecule has 1 N–H and O–H groups in total. The van der Waals surface area contributed by atoms with E-state index in [0.29, 0.717) is 5.56 Å². The lowest BCUT2D eigenvalue weighted by molar-refractivity contribution is -0.385. The predicted octanol–water partition coefficient (Wildman–Crippen LogP) is 3.39. The lowest BCUT2D eigenvalue weighted by atomic mass is 10.1. The fourth-order valence-electron chi connectivity index (χ4n) is 1.70. The maximum atomic E-state index is 10.9. The molecular weight excluding hydrogens is 228 g/mol. The van der Waals surface area contributed by atoms with Crippen molar-refractivity contribution in [2.75, 3.05) is 13.1 Å². The maximum absolute atomic E-state index is 10.9. The molecule has 4 heteroatoms. The first kappa shape index (κ1) is 14.4. The van der Waals surface area contributed by atoms with Crippen LogP contribution < -0.4 is 5.32 Å². The summed E-state index contributed by atoms with van der Waals surface area (Å²) in [7, 11) is 0. The summed E-state index contributed by atoms with van der Waals surface area (Å²) in [6.45, 7) is 5.93. The summed E-state index contributed by atoms with van der Waals surface area (Å²) in [5.74, 6) is 0. The van der Waals surface area contributed by atoms with E-state index in [9.17, 15) is 10.1 Å². The van der Waals surface area contributed by atoms with E-state index in [-0.39, 0.29) is 10.6 Å². The average Bonchev–Trinajstić information content (AvgIpc) is 2.38. The Hall–Kier alpha value is -1.68. The molecule has 0 aromatic heterocycles. The molecule has 98 valence electrons. The number of hydrogen-bond acceptors (Lipinski definition) is 3. The summed E-state index contributed by atoms with van der Waals surface area (Å²) in [6.07, 6.45) is 3.89. The van der Waals surface area contributed by atoms with Gasteiger partial charge < -0.3 is 5.32 Å². The first-order valence-corrected chi connectivity index (χ1v) is 6.32. The van der Waals surface area contributed by atoms with Crippen LogP contribution >= 0.6 is 0 Å². The van der Waals surface area contributed by atoms with E-state index in [0.717, 1.165) is 25.9 Å². The van der Waals surface area contributed by atoms with E-state index in [1.54, 1.807) is 18.2 Å². The van der Waals surface area contributed by atoms with Gasteiger partial charge in [0.2, 0.25) is 0 Å². The van der Waals surface area contributed by atoms with Crippen molar-refractivity contribution in [3.63, 3.8) is 0 Å². The van der Waals surface area contributed by atoms with Crippen LogP contribution in [0.25, 0.3) is 6.08 Å². The maximum Gasteiger partial charge on any atom is 0.276 e. The smallest absolute Gasteiger partial charge is 0.276 e. The summed E-state index contributed by atoms with van der Waals surface area (Å²) < 4.78 is 0. The van der Waals surface area contributed by atoms with Gasteiger partial charge in [0.15, 0.2) is 0 Å². The normalized spacial score (nSPS) is 11.6. The molecule has 0 radical (unpaired) electrons. The molecule has 0 heterocycles. The molecule has 4 nitrogen and oxygen atoms in total. The van der Waals surface area contributed by atoms with Gasteiger partial charge in [-0.2, -0.15) is 0 Å². The second kappa shape index (κ2) is 7.61. The average molecular weight is 248 g/mol. The third kappa shape index (κ3) is 4.30. The Kier molecular flexibility index (Phi) is 6.08. The first-order chi connectivity index (χ1) is 8.69. The molecule has 1 aromatic rings. The van der Waals surface area contributed by atoms with E-state index in [2.05, 4.69) is 19.2 Å². The Morgan fingerprint density at radius 1 is 1.39 bits per heavy atom. The molecule has 0 saturated heterocycles. The van der Waals surface area contributed by atoms with Crippen LogP contribution in [0.3, 0.4) is 0 Å². The van der Waals surface area contributed by atoms with Gasteiger partial charge >= 0.3 is 0 Å². The van der Waals surface area contributed by atoms with Crippen LogP contribution in [0.5, 0.6) is 0 Å². The molecule has 0 aliphatic rings. The highest BCUT2D eigenvalue weighted by atomic mass is 16.6. The molecular formula is C14H20N2O2. The van der Waals surface area contributed by atoms with Gasteiger partial charge in [-0.25, -0.2) is 0 Å². The summed E-state index contributed by atoms with van der Waals surface area (Å²) in [6, 6.07) is 6.84. The highest BCUT2D eigenvalue weighted by Crippen LogP contribution is 2.21. The second-order valence-corrected chi connectivity index (χ2v) is 4.15. The van der Waals surface area contributed by atoms with Crippen molar-refractivity contribution >= 4 is 11.8 Å². The van der Waals surface area contributed by atoms with Gasteiger partial charge in [-0.1, -0.05) is 31.6 Å². The number of benzene rings is 1. The summed E-state index contributed by atoms with van der Waals surface area (Å²) in [5, 5.41) is 14.2. The second-order valence-electron chi connectivity index (χ2n) is 4.15. The Balaban J connectivity index is 2.87. The molecule has 0 bridgehead atoms. The minimum atomic E-state index is -0.335. The largest absolute Gasteiger partial charge is 0.313 e. The zero-order valence-electron chi connectivity index (χ0n) is 11.0. The summed E-state index contributed by atoms with van der Waals surface area (Å²) in [5.41, 5.74) is 2.02. The Bertz CT molecular complexity index is 428. The lowest BCUT2D eigenvalue weighted by Crippen LogP contribution is -2.17. The molecule has 18 heavy (non-hydrogen) atoms. The number of nitrogens with one attached hydrogen (secondary N) is 1. The predicted molar refractivity (Wildman–Crippen MR) is 74.5 cm³/mol. The zero-order chi connectivity index (χ0) is 13.4. The van der Waals surface area contributed by atoms with Gasteiger partial charge in [0.25, 0.3) is 5.69 Å². The standard InChI is InChI=1S/C14H20N2O2/c1-3-9-15-11-12(4-2)10-13-7-5-6-8-14(13)16(17)18/h5-8,10,15H,3-4,9,11H2,1-2H3. The van der Waals surface area contributed by atoms with Crippen LogP contribution in [-0.2, 0) is 0 Å². The topological polar surface area (TPSA) is 55.2 Å². The number of rotatable bonds is 7. The molecule has 0 unspecified atom stereocenters. The fourth-order valence-corrected chi connectivity index (χ4v) is 1.70. The van der Waals surface area contributed by atoms with Crippen LogP contribution in [0.2, 0.25) is 0 Å². The minimum Gasteiger partial charge on any atom is -0.313 e. The fraction of sp³-hybridized carbons (Fsp3) is 0.429. The number of nitro groups is 1. The highest BCUT2D eigenvalue weighted by molar-refractivity contribution is 5.63. The molecule has 0 atom stereocenters. The Morgan fingerprint density at radius 2 is 2.11 bits per heavy atom. The van der Waals surface area contributed by atoms with Gasteiger partial charge in [-0.15, -0.1) is 0 Å². The van der Waals surface area contributed by atoms with Crippen LogP contribution in [0, 0.1) is 10.1 Å². The van der Waals surface area contributed by atoms with E-state index in [1.807, 2.05) is 12.1 Å². The van der Waals surface area contributed by atoms with Crippen LogP contribution in [0.4, 0.5) is 5.69 Å². The Morgan fingerprint density at radius 3 is 2.72 bits per heavy atom. The van der Waals surface area contributed by atoms with Gasteiger partial charge in [0, 0.05) is 12.6 Å². The lowest BCUT2D eigenvalue weighted by Gasteiger charge is -2.06. The third-order valence-electron chi connectivity index (χ3n) is 2.73. The Labute approximate surface area is 108 Å². The summed E-state index contributed by atoms with van der Waals surface area (Å²) >= 11 is 0. The third-order valence-corrected chi connectivity index (χ3v) is 2.73. The van der Waals surface area contributed by atoms with Crippen LogP contribution in [0.1, 0.15) is 32.3 Å². The van der Waals surface area contributed by atoms with Gasteiger partial charge in [0.1, 0.15) is 0 Å². The van der Waals surface area contributed by atoms with Gasteiger partial charge in [-0.05, 0) is 31.5 Å². The molecule has 1 aromatic carbocycles. The van der Waals surface area contributed by atoms with E-state index in [1.165, 1.54) is 5.57 Å². The SMILES string of the molecule is CCCNCC(=Cc1ccccc1[N+](=O)[O-])CC. The minimum absolute atomic E-state index is 0.166. The van der Waals surface area contributed by atoms with E-state index >= 15 is 0 Å².